The molecular weight excluding hydrogens is 599 g/mol. The molecule has 3 N–H and O–H groups in total. The van der Waals surface area contributed by atoms with Crippen LogP contribution in [0.25, 0.3) is 5.69 Å². The van der Waals surface area contributed by atoms with Gasteiger partial charge in [-0.2, -0.15) is 28.4 Å². The second kappa shape index (κ2) is 13.6. The van der Waals surface area contributed by atoms with E-state index in [1.165, 1.54) is 24.8 Å². The van der Waals surface area contributed by atoms with E-state index in [0.29, 0.717) is 28.7 Å². The monoisotopic (exact) mass is 627 g/mol. The Bertz CT molecular complexity index is 1440. The van der Waals surface area contributed by atoms with Crippen molar-refractivity contribution < 1.29 is 17.2 Å². The summed E-state index contributed by atoms with van der Waals surface area (Å²) in [5, 5.41) is 10.7. The molecule has 0 fully saturated rings. The summed E-state index contributed by atoms with van der Waals surface area (Å²) in [5.41, 5.74) is -1.27. The van der Waals surface area contributed by atoms with Gasteiger partial charge in [0.2, 0.25) is 21.9 Å². The highest BCUT2D eigenvalue weighted by Gasteiger charge is 2.21. The summed E-state index contributed by atoms with van der Waals surface area (Å²) in [6.45, 7) is 6.37. The van der Waals surface area contributed by atoms with Crippen molar-refractivity contribution in [3.05, 3.63) is 38.5 Å². The summed E-state index contributed by atoms with van der Waals surface area (Å²) in [6.07, 6.45) is 2.85. The van der Waals surface area contributed by atoms with E-state index in [1.807, 2.05) is 6.26 Å². The molecule has 0 amide bonds. The molecule has 0 atom stereocenters. The van der Waals surface area contributed by atoms with Crippen LogP contribution in [0.3, 0.4) is 0 Å². The van der Waals surface area contributed by atoms with Crippen LogP contribution in [0.5, 0.6) is 0 Å². The summed E-state index contributed by atoms with van der Waals surface area (Å²) in [4.78, 5) is 24.9. The number of thioether (sulfide) groups is 1. The highest BCUT2D eigenvalue weighted by Crippen LogP contribution is 2.31. The van der Waals surface area contributed by atoms with Crippen molar-refractivity contribution in [3.63, 3.8) is 0 Å². The number of nitrogens with zero attached hydrogens (tertiary/aromatic N) is 6. The molecule has 12 nitrogen and oxygen atoms in total. The van der Waals surface area contributed by atoms with Crippen molar-refractivity contribution in [2.24, 2.45) is 0 Å². The number of alkyl halides is 2. The normalized spacial score (nSPS) is 11.5. The maximum absolute atomic E-state index is 12.8. The zero-order valence-corrected chi connectivity index (χ0v) is 25.3. The maximum atomic E-state index is 12.8. The van der Waals surface area contributed by atoms with Crippen molar-refractivity contribution in [1.29, 1.82) is 0 Å². The zero-order chi connectivity index (χ0) is 29.7. The molecule has 0 aliphatic carbocycles. The minimum Gasteiger partial charge on any atom is -0.352 e. The van der Waals surface area contributed by atoms with E-state index >= 15 is 0 Å². The van der Waals surface area contributed by atoms with Crippen molar-refractivity contribution in [1.82, 2.24) is 29.3 Å². The summed E-state index contributed by atoms with van der Waals surface area (Å²) in [7, 11) is -3.65. The van der Waals surface area contributed by atoms with E-state index in [0.717, 1.165) is 17.5 Å². The fraction of sp³-hybridized carbons (Fsp3) is 0.476. The lowest BCUT2D eigenvalue weighted by atomic mass is 10.3. The second-order valence-corrected chi connectivity index (χ2v) is 12.0. The van der Waals surface area contributed by atoms with Gasteiger partial charge >= 0.3 is 12.2 Å². The van der Waals surface area contributed by atoms with Crippen LogP contribution in [0.15, 0.2) is 22.1 Å². The van der Waals surface area contributed by atoms with Crippen LogP contribution in [0.4, 0.5) is 26.4 Å². The molecule has 3 aromatic rings. The third kappa shape index (κ3) is 9.47. The summed E-state index contributed by atoms with van der Waals surface area (Å²) < 4.78 is 51.3. The lowest BCUT2D eigenvalue weighted by Crippen LogP contribution is -2.25. The lowest BCUT2D eigenvalue weighted by molar-refractivity contribution is 0.0640. The van der Waals surface area contributed by atoms with Crippen LogP contribution in [0.1, 0.15) is 40.1 Å². The molecule has 0 bridgehead atoms. The fourth-order valence-corrected chi connectivity index (χ4v) is 4.42. The largest absolute Gasteiger partial charge is 0.355 e. The van der Waals surface area contributed by atoms with Gasteiger partial charge in [0.15, 0.2) is 5.16 Å². The molecule has 0 aliphatic rings. The number of rotatable bonds is 9. The minimum absolute atomic E-state index is 0.0257. The predicted octanol–water partition coefficient (Wildman–Crippen LogP) is 4.65. The van der Waals surface area contributed by atoms with Crippen molar-refractivity contribution >= 4 is 62.6 Å². The molecule has 2 aromatic heterocycles. The van der Waals surface area contributed by atoms with Gasteiger partial charge in [0.05, 0.1) is 27.7 Å². The van der Waals surface area contributed by atoms with Gasteiger partial charge in [0.1, 0.15) is 5.82 Å². The second-order valence-electron chi connectivity index (χ2n) is 8.61. The van der Waals surface area contributed by atoms with Gasteiger partial charge in [-0.05, 0) is 53.0 Å². The zero-order valence-electron chi connectivity index (χ0n) is 22.1. The number of anilines is 3. The molecule has 0 unspecified atom stereocenters. The molecule has 2 heterocycles. The van der Waals surface area contributed by atoms with Crippen molar-refractivity contribution in [2.45, 2.75) is 58.4 Å². The van der Waals surface area contributed by atoms with E-state index in [2.05, 4.69) is 63.1 Å². The smallest absolute Gasteiger partial charge is 0.352 e. The predicted molar refractivity (Wildman–Crippen MR) is 151 cm³/mol. The number of aryl methyl sites for hydroxylation is 1. The number of nitrogens with one attached hydrogen (secondary N) is 3. The fourth-order valence-electron chi connectivity index (χ4n) is 2.93. The molecule has 0 aliphatic heterocycles. The average molecular weight is 629 g/mol. The number of sulfonamides is 1. The Kier molecular flexibility index (Phi) is 11.3. The summed E-state index contributed by atoms with van der Waals surface area (Å²) in [5.74, 6) is 1.02. The quantitative estimate of drug-likeness (QED) is 0.286. The molecule has 3 rings (SSSR count). The third-order valence-electron chi connectivity index (χ3n) is 4.37. The van der Waals surface area contributed by atoms with Gasteiger partial charge in [-0.15, -0.1) is 5.10 Å². The molecule has 216 valence electrons. The lowest BCUT2D eigenvalue weighted by Gasteiger charge is -2.12. The van der Waals surface area contributed by atoms with Crippen LogP contribution in [-0.4, -0.2) is 62.3 Å². The molecule has 39 heavy (non-hydrogen) atoms. The van der Waals surface area contributed by atoms with Gasteiger partial charge in [-0.1, -0.05) is 35.0 Å². The number of hydrogen-bond donors (Lipinski definition) is 3. The SMILES string of the molecule is CSc1nc(NC(C)C)nc(NC(C)C)n1.Cc1nn(-c2cc(NS(C)(=O)=O)c(Cl)cc2Cl)c(=O)n1C(F)F. The highest BCUT2D eigenvalue weighted by molar-refractivity contribution is 7.98. The van der Waals surface area contributed by atoms with E-state index in [9.17, 15) is 22.0 Å². The summed E-state index contributed by atoms with van der Waals surface area (Å²) >= 11 is 13.3. The van der Waals surface area contributed by atoms with E-state index in [4.69, 9.17) is 23.2 Å². The van der Waals surface area contributed by atoms with Gasteiger partial charge in [-0.25, -0.2) is 17.8 Å². The molecular formula is C21H29Cl2F2N9O3S2. The van der Waals surface area contributed by atoms with Crippen LogP contribution in [0.2, 0.25) is 10.0 Å². The first-order valence-electron chi connectivity index (χ1n) is 11.3. The topological polar surface area (TPSA) is 149 Å². The van der Waals surface area contributed by atoms with Gasteiger partial charge in [0.25, 0.3) is 0 Å². The van der Waals surface area contributed by atoms with E-state index in [-0.39, 0.29) is 31.8 Å². The van der Waals surface area contributed by atoms with Crippen LogP contribution in [-0.2, 0) is 10.0 Å². The molecule has 1 aromatic carbocycles. The number of aromatic nitrogens is 6. The van der Waals surface area contributed by atoms with Gasteiger partial charge in [-0.3, -0.25) is 4.72 Å². The minimum atomic E-state index is -3.65. The Labute approximate surface area is 239 Å². The standard InChI is InChI=1S/C11H10Cl2F2N4O3S.C10H19N5S/c1-5-16-19(11(20)18(5)10(14)15)9-4-8(17-23(2,21)22)6(12)3-7(9)13;1-6(2)11-8-13-9(12-7(3)4)15-10(14-8)16-5/h3-4,10,17H,1-2H3;6-7H,1-5H3,(H2,11,12,13,14,15). The van der Waals surface area contributed by atoms with E-state index < -0.39 is 22.3 Å². The molecule has 0 saturated heterocycles. The maximum Gasteiger partial charge on any atom is 0.355 e. The van der Waals surface area contributed by atoms with Crippen molar-refractivity contribution in [2.75, 3.05) is 27.9 Å². The number of halogens is 4. The Morgan fingerprint density at radius 2 is 1.51 bits per heavy atom. The molecule has 0 saturated carbocycles. The highest BCUT2D eigenvalue weighted by atomic mass is 35.5. The van der Waals surface area contributed by atoms with Crippen LogP contribution >= 0.6 is 35.0 Å². The van der Waals surface area contributed by atoms with Crippen LogP contribution in [0, 0.1) is 6.92 Å². The first-order chi connectivity index (χ1) is 18.0. The van der Waals surface area contributed by atoms with E-state index in [1.54, 1.807) is 0 Å². The third-order valence-corrected chi connectivity index (χ3v) is 6.12. The number of hydrogen-bond acceptors (Lipinski definition) is 10. The Balaban J connectivity index is 0.000000293. The van der Waals surface area contributed by atoms with Gasteiger partial charge < -0.3 is 10.6 Å². The Morgan fingerprint density at radius 1 is 0.974 bits per heavy atom. The molecule has 0 spiro atoms. The van der Waals surface area contributed by atoms with Gasteiger partial charge in [0, 0.05) is 12.1 Å². The first-order valence-corrected chi connectivity index (χ1v) is 15.2. The average Bonchev–Trinajstić information content (AvgIpc) is 3.07. The Hall–Kier alpha value is -2.69. The molecule has 18 heteroatoms. The number of benzene rings is 1. The summed E-state index contributed by atoms with van der Waals surface area (Å²) in [6, 6.07) is 2.93. The Morgan fingerprint density at radius 3 is 1.92 bits per heavy atom. The van der Waals surface area contributed by atoms with Crippen LogP contribution < -0.4 is 21.0 Å². The van der Waals surface area contributed by atoms with Crippen molar-refractivity contribution in [3.8, 4) is 5.69 Å². The molecule has 0 radical (unpaired) electrons. The first kappa shape index (κ1) is 32.5.